The van der Waals surface area contributed by atoms with Gasteiger partial charge < -0.3 is 9.32 Å². The largest absolute Gasteiger partial charge is 0.454 e. The van der Waals surface area contributed by atoms with Crippen molar-refractivity contribution in [2.75, 3.05) is 4.90 Å². The Bertz CT molecular complexity index is 4030. The zero-order chi connectivity index (χ0) is 41.4. The van der Waals surface area contributed by atoms with E-state index in [1.807, 2.05) is 17.4 Å². The summed E-state index contributed by atoms with van der Waals surface area (Å²) in [5, 5.41) is 16.9. The van der Waals surface area contributed by atoms with Crippen LogP contribution in [0.2, 0.25) is 0 Å². The standard InChI is InChI=1S/C60H37NOS/c1-2-15-38(16-3-1)39-29-31-40(32-30-39)61(56-26-14-25-51-49-23-10-12-27-57(49)62-60(51)56)41-33-34-48-52(35-41)46-21-8-6-19-44(46)42-17-4-5-18-43(42)45-20-7-9-22-47(45)53-36-55-50-24-11-13-28-58(50)63-59(55)37-54(48)53/h1-37H. The maximum atomic E-state index is 6.78. The van der Waals surface area contributed by atoms with Gasteiger partial charge in [0.05, 0.1) is 5.69 Å². The van der Waals surface area contributed by atoms with E-state index in [4.69, 9.17) is 4.42 Å². The van der Waals surface area contributed by atoms with Crippen molar-refractivity contribution in [2.24, 2.45) is 0 Å². The van der Waals surface area contributed by atoms with E-state index in [1.54, 1.807) is 0 Å². The van der Waals surface area contributed by atoms with Crippen molar-refractivity contribution in [3.05, 3.63) is 224 Å². The van der Waals surface area contributed by atoms with Gasteiger partial charge in [-0.3, -0.25) is 0 Å². The lowest BCUT2D eigenvalue weighted by atomic mass is 9.93. The molecule has 0 unspecified atom stereocenters. The summed E-state index contributed by atoms with van der Waals surface area (Å²) in [6.07, 6.45) is 0. The number of anilines is 3. The normalized spacial score (nSPS) is 11.8. The van der Waals surface area contributed by atoms with E-state index < -0.39 is 0 Å². The van der Waals surface area contributed by atoms with Crippen molar-refractivity contribution < 1.29 is 4.42 Å². The summed E-state index contributed by atoms with van der Waals surface area (Å²) >= 11 is 1.87. The lowest BCUT2D eigenvalue weighted by molar-refractivity contribution is 0.669. The van der Waals surface area contributed by atoms with E-state index in [1.165, 1.54) is 85.2 Å². The van der Waals surface area contributed by atoms with Crippen LogP contribution in [0.3, 0.4) is 0 Å². The van der Waals surface area contributed by atoms with Crippen LogP contribution in [0.25, 0.3) is 107 Å². The number of nitrogens with zero attached hydrogens (tertiary/aromatic N) is 1. The van der Waals surface area contributed by atoms with Crippen LogP contribution in [0.1, 0.15) is 0 Å². The number of furan rings is 1. The van der Waals surface area contributed by atoms with Crippen molar-refractivity contribution in [1.29, 1.82) is 0 Å². The number of thiophene rings is 1. The topological polar surface area (TPSA) is 16.4 Å². The first kappa shape index (κ1) is 35.7. The minimum atomic E-state index is 0.856. The highest BCUT2D eigenvalue weighted by Crippen LogP contribution is 2.46. The first-order chi connectivity index (χ1) is 31.2. The molecular formula is C60H37NOS. The lowest BCUT2D eigenvalue weighted by Crippen LogP contribution is -2.10. The second kappa shape index (κ2) is 14.3. The van der Waals surface area contributed by atoms with Gasteiger partial charge in [0.2, 0.25) is 0 Å². The van der Waals surface area contributed by atoms with Gasteiger partial charge in [0.1, 0.15) is 5.58 Å². The van der Waals surface area contributed by atoms with Crippen LogP contribution >= 0.6 is 11.3 Å². The Balaban J connectivity index is 1.19. The second-order valence-electron chi connectivity index (χ2n) is 16.4. The molecule has 0 saturated heterocycles. The van der Waals surface area contributed by atoms with Gasteiger partial charge in [-0.05, 0) is 120 Å². The van der Waals surface area contributed by atoms with E-state index >= 15 is 0 Å². The van der Waals surface area contributed by atoms with Crippen LogP contribution in [-0.4, -0.2) is 0 Å². The van der Waals surface area contributed by atoms with Gasteiger partial charge >= 0.3 is 0 Å². The van der Waals surface area contributed by atoms with E-state index in [0.717, 1.165) is 39.0 Å². The molecule has 0 N–H and O–H groups in total. The molecular weight excluding hydrogens is 783 g/mol. The molecule has 63 heavy (non-hydrogen) atoms. The summed E-state index contributed by atoms with van der Waals surface area (Å²) in [4.78, 5) is 2.38. The molecule has 0 aliphatic heterocycles. The molecule has 0 saturated carbocycles. The molecule has 0 atom stereocenters. The molecule has 0 fully saturated rings. The SMILES string of the molecule is c1ccc(-c2ccc(N(c3ccc4c(c3)c3ccccc3c3ccccc3c3ccccc3c3cc5c(cc43)sc3ccccc35)c3cccc4c3oc3ccccc34)cc2)cc1. The number of hydrogen-bond donors (Lipinski definition) is 0. The number of benzene rings is 10. The maximum Gasteiger partial charge on any atom is 0.159 e. The number of rotatable bonds is 4. The van der Waals surface area contributed by atoms with Gasteiger partial charge in [0.25, 0.3) is 0 Å². The molecule has 0 radical (unpaired) electrons. The van der Waals surface area contributed by atoms with Gasteiger partial charge in [-0.15, -0.1) is 11.3 Å². The van der Waals surface area contributed by atoms with Crippen LogP contribution in [0, 0.1) is 0 Å². The highest BCUT2D eigenvalue weighted by Gasteiger charge is 2.21. The van der Waals surface area contributed by atoms with Crippen LogP contribution < -0.4 is 4.90 Å². The molecule has 0 spiro atoms. The molecule has 11 aromatic carbocycles. The second-order valence-corrected chi connectivity index (χ2v) is 17.4. The van der Waals surface area contributed by atoms with Gasteiger partial charge in [-0.25, -0.2) is 0 Å². The van der Waals surface area contributed by atoms with Gasteiger partial charge in [0, 0.05) is 42.3 Å². The van der Waals surface area contributed by atoms with Crippen molar-refractivity contribution >= 4 is 124 Å². The summed E-state index contributed by atoms with van der Waals surface area (Å²) in [5.41, 5.74) is 7.16. The Hall–Kier alpha value is -7.98. The first-order valence-electron chi connectivity index (χ1n) is 21.5. The number of fused-ring (bicyclic) bond motifs is 16. The third kappa shape index (κ3) is 5.71. The van der Waals surface area contributed by atoms with Gasteiger partial charge in [-0.1, -0.05) is 170 Å². The number of para-hydroxylation sites is 2. The van der Waals surface area contributed by atoms with Crippen molar-refractivity contribution in [3.63, 3.8) is 0 Å². The third-order valence-corrected chi connectivity index (χ3v) is 14.0. The van der Waals surface area contributed by atoms with Gasteiger partial charge in [0.15, 0.2) is 5.58 Å². The van der Waals surface area contributed by atoms with E-state index in [0.29, 0.717) is 0 Å². The molecule has 2 aromatic heterocycles. The molecule has 2 heterocycles. The summed E-state index contributed by atoms with van der Waals surface area (Å²) in [5.74, 6) is 0. The Morgan fingerprint density at radius 2 is 0.778 bits per heavy atom. The predicted octanol–water partition coefficient (Wildman–Crippen LogP) is 18.0. The molecule has 0 bridgehead atoms. The monoisotopic (exact) mass is 819 g/mol. The summed E-state index contributed by atoms with van der Waals surface area (Å²) in [6, 6.07) is 82.0. The van der Waals surface area contributed by atoms with Crippen molar-refractivity contribution in [3.8, 4) is 11.1 Å². The highest BCUT2D eigenvalue weighted by molar-refractivity contribution is 7.25. The fourth-order valence-corrected chi connectivity index (χ4v) is 11.1. The Labute approximate surface area is 367 Å². The fraction of sp³-hybridized carbons (Fsp3) is 0. The fourth-order valence-electron chi connectivity index (χ4n) is 9.97. The Morgan fingerprint density at radius 3 is 1.46 bits per heavy atom. The van der Waals surface area contributed by atoms with Crippen LogP contribution in [-0.2, 0) is 0 Å². The number of hydrogen-bond acceptors (Lipinski definition) is 3. The van der Waals surface area contributed by atoms with Crippen LogP contribution in [0.15, 0.2) is 229 Å². The summed E-state index contributed by atoms with van der Waals surface area (Å²) in [7, 11) is 0. The quantitative estimate of drug-likeness (QED) is 0.176. The highest BCUT2D eigenvalue weighted by atomic mass is 32.1. The summed E-state index contributed by atoms with van der Waals surface area (Å²) < 4.78 is 9.36. The molecule has 2 nitrogen and oxygen atoms in total. The molecule has 0 aliphatic rings. The molecule has 294 valence electrons. The molecule has 3 heteroatoms. The maximum absolute atomic E-state index is 6.78. The van der Waals surface area contributed by atoms with E-state index in [9.17, 15) is 0 Å². The average molecular weight is 820 g/mol. The summed E-state index contributed by atoms with van der Waals surface area (Å²) in [6.45, 7) is 0. The van der Waals surface area contributed by atoms with Crippen LogP contribution in [0.4, 0.5) is 17.1 Å². The average Bonchev–Trinajstić information content (AvgIpc) is 3.92. The van der Waals surface area contributed by atoms with Gasteiger partial charge in [-0.2, -0.15) is 0 Å². The zero-order valence-corrected chi connectivity index (χ0v) is 34.9. The lowest BCUT2D eigenvalue weighted by Gasteiger charge is -2.26. The third-order valence-electron chi connectivity index (χ3n) is 12.9. The van der Waals surface area contributed by atoms with Crippen molar-refractivity contribution in [1.82, 2.24) is 0 Å². The molecule has 0 amide bonds. The Morgan fingerprint density at radius 1 is 0.286 bits per heavy atom. The smallest absolute Gasteiger partial charge is 0.159 e. The molecule has 0 aliphatic carbocycles. The zero-order valence-electron chi connectivity index (χ0n) is 34.1. The van der Waals surface area contributed by atoms with E-state index in [2.05, 4.69) is 223 Å². The predicted molar refractivity (Wildman–Crippen MR) is 272 cm³/mol. The minimum absolute atomic E-state index is 0.856. The van der Waals surface area contributed by atoms with E-state index in [-0.39, 0.29) is 0 Å². The minimum Gasteiger partial charge on any atom is -0.454 e. The van der Waals surface area contributed by atoms with Crippen molar-refractivity contribution in [2.45, 2.75) is 0 Å². The molecule has 13 rings (SSSR count). The molecule has 13 aromatic rings. The first-order valence-corrected chi connectivity index (χ1v) is 22.3. The van der Waals surface area contributed by atoms with Crippen LogP contribution in [0.5, 0.6) is 0 Å². The Kier molecular flexibility index (Phi) is 8.12.